The number of H-pyrrole nitrogens is 1. The number of aliphatic hydroxyl groups excluding tert-OH is 1. The van der Waals surface area contributed by atoms with Crippen molar-refractivity contribution in [2.45, 2.75) is 11.7 Å². The highest BCUT2D eigenvalue weighted by atomic mass is 31.2. The van der Waals surface area contributed by atoms with Gasteiger partial charge in [-0.25, -0.2) is 9.97 Å². The van der Waals surface area contributed by atoms with Crippen LogP contribution < -0.4 is 10.6 Å². The molecule has 3 aromatic rings. The Morgan fingerprint density at radius 1 is 1.33 bits per heavy atom. The maximum Gasteiger partial charge on any atom is 0.419 e. The zero-order valence-corrected chi connectivity index (χ0v) is 17.1. The van der Waals surface area contributed by atoms with Gasteiger partial charge in [0.05, 0.1) is 31.0 Å². The fourth-order valence-corrected chi connectivity index (χ4v) is 4.60. The van der Waals surface area contributed by atoms with Crippen LogP contribution in [0.15, 0.2) is 30.6 Å². The molecule has 0 atom stereocenters. The Bertz CT molecular complexity index is 1150. The molecule has 3 N–H and O–H groups in total. The Kier molecular flexibility index (Phi) is 4.91. The number of aliphatic hydroxyl groups is 1. The van der Waals surface area contributed by atoms with E-state index in [0.717, 1.165) is 6.20 Å². The number of nitrogens with one attached hydrogen (secondary N) is 2. The predicted octanol–water partition coefficient (Wildman–Crippen LogP) is 3.06. The van der Waals surface area contributed by atoms with E-state index in [1.54, 1.807) is 31.5 Å². The first-order valence-electron chi connectivity index (χ1n) is 9.11. The molecule has 1 aromatic carbocycles. The zero-order chi connectivity index (χ0) is 21.7. The Balaban J connectivity index is 1.88. The molecule has 4 rings (SSSR count). The Morgan fingerprint density at radius 2 is 2.07 bits per heavy atom. The molecule has 0 saturated carbocycles. The van der Waals surface area contributed by atoms with Gasteiger partial charge in [-0.2, -0.15) is 13.2 Å². The van der Waals surface area contributed by atoms with Gasteiger partial charge in [0.1, 0.15) is 18.2 Å². The molecule has 0 spiro atoms. The van der Waals surface area contributed by atoms with E-state index in [0.29, 0.717) is 16.2 Å². The Morgan fingerprint density at radius 3 is 2.63 bits per heavy atom. The van der Waals surface area contributed by atoms with Crippen molar-refractivity contribution in [3.05, 3.63) is 36.2 Å². The average molecular weight is 440 g/mol. The molecule has 2 aromatic heterocycles. The fraction of sp³-hybridized carbons (Fsp3) is 0.368. The van der Waals surface area contributed by atoms with Gasteiger partial charge < -0.3 is 24.7 Å². The number of hydrogen-bond acceptors (Lipinski definition) is 6. The predicted molar refractivity (Wildman–Crippen MR) is 108 cm³/mol. The molecule has 30 heavy (non-hydrogen) atoms. The highest BCUT2D eigenvalue weighted by Gasteiger charge is 2.40. The van der Waals surface area contributed by atoms with Crippen LogP contribution in [0.5, 0.6) is 0 Å². The van der Waals surface area contributed by atoms with Crippen molar-refractivity contribution in [3.63, 3.8) is 0 Å². The third-order valence-corrected chi connectivity index (χ3v) is 6.59. The summed E-state index contributed by atoms with van der Waals surface area (Å²) in [4.78, 5) is 10.9. The minimum Gasteiger partial charge on any atom is -0.394 e. The quantitative estimate of drug-likeness (QED) is 0.528. The van der Waals surface area contributed by atoms with Crippen molar-refractivity contribution < 1.29 is 27.6 Å². The second-order valence-electron chi connectivity index (χ2n) is 7.76. The van der Waals surface area contributed by atoms with Gasteiger partial charge in [0.25, 0.3) is 0 Å². The van der Waals surface area contributed by atoms with E-state index in [4.69, 9.17) is 4.74 Å². The first kappa shape index (κ1) is 20.8. The van der Waals surface area contributed by atoms with E-state index in [1.165, 1.54) is 6.20 Å². The van der Waals surface area contributed by atoms with Crippen LogP contribution in [0.3, 0.4) is 0 Å². The van der Waals surface area contributed by atoms with Crippen LogP contribution in [-0.4, -0.2) is 58.7 Å². The maximum absolute atomic E-state index is 13.7. The number of halogens is 3. The lowest BCUT2D eigenvalue weighted by atomic mass is 9.99. The molecule has 0 radical (unpaired) electrons. The molecule has 0 unspecified atom stereocenters. The van der Waals surface area contributed by atoms with Gasteiger partial charge >= 0.3 is 6.18 Å². The molecule has 160 valence electrons. The van der Waals surface area contributed by atoms with Crippen molar-refractivity contribution in [3.8, 4) is 11.3 Å². The second kappa shape index (κ2) is 7.08. The molecular weight excluding hydrogens is 420 g/mol. The smallest absolute Gasteiger partial charge is 0.394 e. The molecule has 0 aliphatic carbocycles. The lowest BCUT2D eigenvalue weighted by Gasteiger charge is -2.40. The topological polar surface area (TPSA) is 100 Å². The normalized spacial score (nSPS) is 16.5. The van der Waals surface area contributed by atoms with Crippen LogP contribution in [0, 0.1) is 0 Å². The molecule has 1 fully saturated rings. The van der Waals surface area contributed by atoms with Crippen LogP contribution in [0.4, 0.5) is 19.1 Å². The Labute approximate surface area is 170 Å². The molecule has 1 saturated heterocycles. The van der Waals surface area contributed by atoms with Crippen molar-refractivity contribution in [2.24, 2.45) is 0 Å². The number of alkyl halides is 3. The van der Waals surface area contributed by atoms with Gasteiger partial charge in [-0.3, -0.25) is 0 Å². The highest BCUT2D eigenvalue weighted by Crippen LogP contribution is 2.42. The van der Waals surface area contributed by atoms with Crippen LogP contribution >= 0.6 is 7.14 Å². The molecule has 11 heteroatoms. The number of nitrogens with zero attached hydrogens (tertiary/aromatic N) is 2. The van der Waals surface area contributed by atoms with Crippen LogP contribution in [0.2, 0.25) is 0 Å². The monoisotopic (exact) mass is 440 g/mol. The van der Waals surface area contributed by atoms with E-state index in [9.17, 15) is 22.8 Å². The molecule has 1 aliphatic heterocycles. The summed E-state index contributed by atoms with van der Waals surface area (Å²) < 4.78 is 58.8. The summed E-state index contributed by atoms with van der Waals surface area (Å²) in [7, 11) is -2.66. The summed E-state index contributed by atoms with van der Waals surface area (Å²) in [6.07, 6.45) is -2.52. The van der Waals surface area contributed by atoms with Crippen molar-refractivity contribution in [1.82, 2.24) is 15.0 Å². The van der Waals surface area contributed by atoms with E-state index < -0.39 is 24.4 Å². The number of aromatic amines is 1. The van der Waals surface area contributed by atoms with E-state index in [1.807, 2.05) is 0 Å². The number of ether oxygens (including phenoxy) is 1. The lowest BCUT2D eigenvalue weighted by Crippen LogP contribution is -2.58. The number of hydrogen-bond donors (Lipinski definition) is 3. The highest BCUT2D eigenvalue weighted by molar-refractivity contribution is 7.70. The minimum absolute atomic E-state index is 0.0440. The van der Waals surface area contributed by atoms with E-state index >= 15 is 0 Å². The van der Waals surface area contributed by atoms with Crippen LogP contribution in [0.1, 0.15) is 5.56 Å². The first-order valence-corrected chi connectivity index (χ1v) is 11.7. The van der Waals surface area contributed by atoms with Gasteiger partial charge in [-0.05, 0) is 19.4 Å². The van der Waals surface area contributed by atoms with Gasteiger partial charge in [0, 0.05) is 28.6 Å². The lowest BCUT2D eigenvalue weighted by molar-refractivity contribution is -0.137. The molecular formula is C19H20F3N4O3P. The summed E-state index contributed by atoms with van der Waals surface area (Å²) in [5.74, 6) is -0.0440. The van der Waals surface area contributed by atoms with E-state index in [2.05, 4.69) is 20.3 Å². The summed E-state index contributed by atoms with van der Waals surface area (Å²) in [5, 5.41) is 13.5. The third-order valence-electron chi connectivity index (χ3n) is 5.06. The maximum atomic E-state index is 13.7. The first-order chi connectivity index (χ1) is 14.0. The van der Waals surface area contributed by atoms with Gasteiger partial charge in [-0.15, -0.1) is 0 Å². The number of fused-ring (bicyclic) bond motifs is 1. The molecule has 3 heterocycles. The third kappa shape index (κ3) is 3.59. The molecule has 0 amide bonds. The molecule has 0 bridgehead atoms. The van der Waals surface area contributed by atoms with Crippen molar-refractivity contribution in [2.75, 3.05) is 38.5 Å². The minimum atomic E-state index is -4.67. The molecule has 1 aliphatic rings. The second-order valence-corrected chi connectivity index (χ2v) is 10.9. The number of rotatable bonds is 5. The Hall–Kier alpha value is -2.42. The van der Waals surface area contributed by atoms with Crippen molar-refractivity contribution in [1.29, 1.82) is 0 Å². The summed E-state index contributed by atoms with van der Waals surface area (Å²) >= 11 is 0. The number of benzene rings is 1. The van der Waals surface area contributed by atoms with Gasteiger partial charge in [-0.1, -0.05) is 12.1 Å². The standard InChI is InChI=1S/C19H20F3N4O3P/c1-30(2,28)14-5-3-4-11-12(6-23-16(11)14)15-13(19(20,21)22)7-24-17(25-15)26-18(8-27)9-29-10-18/h3-7,23,27H,8-10H2,1-2H3,(H,24,25,26). The largest absolute Gasteiger partial charge is 0.419 e. The SMILES string of the molecule is CP(C)(=O)c1cccc2c(-c3nc(NC4(CO)COC4)ncc3C(F)(F)F)c[nH]c12. The zero-order valence-electron chi connectivity index (χ0n) is 16.2. The summed E-state index contributed by atoms with van der Waals surface area (Å²) in [6, 6.07) is 5.02. The van der Waals surface area contributed by atoms with Crippen molar-refractivity contribution >= 4 is 29.3 Å². The van der Waals surface area contributed by atoms with E-state index in [-0.39, 0.29) is 37.0 Å². The van der Waals surface area contributed by atoms with Gasteiger partial charge in [0.15, 0.2) is 0 Å². The number of aromatic nitrogens is 3. The van der Waals surface area contributed by atoms with Gasteiger partial charge in [0.2, 0.25) is 5.95 Å². The summed E-state index contributed by atoms with van der Waals surface area (Å²) in [5.41, 5.74) is -1.37. The number of para-hydroxylation sites is 1. The fourth-order valence-electron chi connectivity index (χ4n) is 3.43. The van der Waals surface area contributed by atoms with Crippen LogP contribution in [-0.2, 0) is 15.5 Å². The number of anilines is 1. The summed E-state index contributed by atoms with van der Waals surface area (Å²) in [6.45, 7) is 3.33. The molecule has 7 nitrogen and oxygen atoms in total. The van der Waals surface area contributed by atoms with Crippen LogP contribution in [0.25, 0.3) is 22.2 Å². The average Bonchev–Trinajstić information content (AvgIpc) is 3.07.